The zero-order valence-electron chi connectivity index (χ0n) is 12.0. The Hall–Kier alpha value is -1.87. The molecule has 2 aromatic rings. The van der Waals surface area contributed by atoms with Gasteiger partial charge in [-0.3, -0.25) is 4.98 Å². The molecule has 1 aromatic heterocycles. The van der Waals surface area contributed by atoms with Crippen molar-refractivity contribution in [2.75, 3.05) is 6.61 Å². The van der Waals surface area contributed by atoms with Crippen molar-refractivity contribution < 1.29 is 4.74 Å². The molecular formula is C17H20N2O. The summed E-state index contributed by atoms with van der Waals surface area (Å²) in [6.45, 7) is 5.88. The van der Waals surface area contributed by atoms with Gasteiger partial charge in [0.15, 0.2) is 0 Å². The average molecular weight is 268 g/mol. The lowest BCUT2D eigenvalue weighted by Crippen LogP contribution is -2.27. The summed E-state index contributed by atoms with van der Waals surface area (Å²) in [6, 6.07) is 8.85. The fraction of sp³-hybridized carbons (Fsp3) is 0.353. The normalized spacial score (nSPS) is 17.4. The molecule has 3 heteroatoms. The molecule has 1 aliphatic rings. The third-order valence-electron chi connectivity index (χ3n) is 3.75. The molecule has 1 atom stereocenters. The fourth-order valence-corrected chi connectivity index (χ4v) is 2.83. The minimum absolute atomic E-state index is 0.359. The number of aromatic nitrogens is 1. The van der Waals surface area contributed by atoms with Crippen LogP contribution in [-0.4, -0.2) is 11.6 Å². The Morgan fingerprint density at radius 3 is 3.05 bits per heavy atom. The van der Waals surface area contributed by atoms with Crippen LogP contribution in [0.25, 0.3) is 0 Å². The van der Waals surface area contributed by atoms with E-state index in [0.29, 0.717) is 6.04 Å². The minimum Gasteiger partial charge on any atom is -0.493 e. The summed E-state index contributed by atoms with van der Waals surface area (Å²) in [5.74, 6) is 1.06. The molecule has 1 N–H and O–H groups in total. The van der Waals surface area contributed by atoms with E-state index in [1.54, 1.807) is 6.20 Å². The lowest BCUT2D eigenvalue weighted by Gasteiger charge is -2.28. The molecule has 1 unspecified atom stereocenters. The first-order valence-electron chi connectivity index (χ1n) is 7.10. The fourth-order valence-electron chi connectivity index (χ4n) is 2.83. The van der Waals surface area contributed by atoms with Gasteiger partial charge in [0, 0.05) is 37.0 Å². The summed E-state index contributed by atoms with van der Waals surface area (Å²) < 4.78 is 5.84. The molecular weight excluding hydrogens is 248 g/mol. The van der Waals surface area contributed by atoms with Crippen LogP contribution in [0.5, 0.6) is 5.75 Å². The van der Waals surface area contributed by atoms with Crippen LogP contribution in [0.2, 0.25) is 0 Å². The van der Waals surface area contributed by atoms with Gasteiger partial charge in [-0.25, -0.2) is 0 Å². The Labute approximate surface area is 120 Å². The average Bonchev–Trinajstić information content (AvgIpc) is 2.46. The second-order valence-electron chi connectivity index (χ2n) is 5.43. The van der Waals surface area contributed by atoms with Gasteiger partial charge in [-0.2, -0.15) is 0 Å². The van der Waals surface area contributed by atoms with Crippen molar-refractivity contribution in [1.29, 1.82) is 0 Å². The van der Waals surface area contributed by atoms with E-state index < -0.39 is 0 Å². The Kier molecular flexibility index (Phi) is 3.70. The number of aryl methyl sites for hydroxylation is 2. The number of ether oxygens (including phenoxy) is 1. The number of hydrogen-bond acceptors (Lipinski definition) is 3. The quantitative estimate of drug-likeness (QED) is 0.927. The van der Waals surface area contributed by atoms with E-state index in [1.165, 1.54) is 22.3 Å². The Morgan fingerprint density at radius 1 is 1.35 bits per heavy atom. The van der Waals surface area contributed by atoms with Crippen LogP contribution < -0.4 is 10.1 Å². The highest BCUT2D eigenvalue weighted by atomic mass is 16.5. The molecule has 1 aromatic carbocycles. The first kappa shape index (κ1) is 13.1. The van der Waals surface area contributed by atoms with E-state index in [9.17, 15) is 0 Å². The van der Waals surface area contributed by atoms with Crippen LogP contribution in [-0.2, 0) is 6.54 Å². The van der Waals surface area contributed by atoms with E-state index in [0.717, 1.165) is 25.3 Å². The van der Waals surface area contributed by atoms with E-state index in [4.69, 9.17) is 4.74 Å². The second kappa shape index (κ2) is 5.63. The molecule has 0 saturated carbocycles. The van der Waals surface area contributed by atoms with Gasteiger partial charge in [-0.05, 0) is 31.0 Å². The first-order valence-corrected chi connectivity index (χ1v) is 7.10. The van der Waals surface area contributed by atoms with Crippen molar-refractivity contribution in [3.05, 3.63) is 58.9 Å². The summed E-state index contributed by atoms with van der Waals surface area (Å²) >= 11 is 0. The van der Waals surface area contributed by atoms with Crippen molar-refractivity contribution in [2.24, 2.45) is 0 Å². The van der Waals surface area contributed by atoms with E-state index in [1.807, 2.05) is 12.3 Å². The first-order chi connectivity index (χ1) is 9.74. The lowest BCUT2D eigenvalue weighted by molar-refractivity contribution is 0.250. The standard InChI is InChI=1S/C17H20N2O/c1-12-8-13(2)17-15(9-12)16(5-7-20-17)19-11-14-4-3-6-18-10-14/h3-4,6,8-10,16,19H,5,7,11H2,1-2H3. The van der Waals surface area contributed by atoms with E-state index in [2.05, 4.69) is 42.3 Å². The third-order valence-corrected chi connectivity index (χ3v) is 3.75. The number of benzene rings is 1. The van der Waals surface area contributed by atoms with Crippen LogP contribution in [0, 0.1) is 13.8 Å². The zero-order valence-corrected chi connectivity index (χ0v) is 12.0. The van der Waals surface area contributed by atoms with Crippen molar-refractivity contribution in [1.82, 2.24) is 10.3 Å². The predicted molar refractivity (Wildman–Crippen MR) is 79.8 cm³/mol. The summed E-state index contributed by atoms with van der Waals surface area (Å²) in [4.78, 5) is 4.16. The van der Waals surface area contributed by atoms with E-state index >= 15 is 0 Å². The molecule has 0 radical (unpaired) electrons. The highest BCUT2D eigenvalue weighted by Gasteiger charge is 2.22. The highest BCUT2D eigenvalue weighted by Crippen LogP contribution is 2.35. The number of nitrogens with one attached hydrogen (secondary N) is 1. The number of nitrogens with zero attached hydrogens (tertiary/aromatic N) is 1. The molecule has 3 nitrogen and oxygen atoms in total. The maximum Gasteiger partial charge on any atom is 0.126 e. The molecule has 0 fully saturated rings. The van der Waals surface area contributed by atoms with Crippen LogP contribution in [0.15, 0.2) is 36.7 Å². The molecule has 0 aliphatic carbocycles. The number of hydrogen-bond donors (Lipinski definition) is 1. The van der Waals surface area contributed by atoms with Crippen LogP contribution in [0.3, 0.4) is 0 Å². The van der Waals surface area contributed by atoms with Crippen LogP contribution in [0.4, 0.5) is 0 Å². The Balaban J connectivity index is 1.80. The minimum atomic E-state index is 0.359. The van der Waals surface area contributed by atoms with Gasteiger partial charge in [0.25, 0.3) is 0 Å². The van der Waals surface area contributed by atoms with Crippen LogP contribution in [0.1, 0.15) is 34.7 Å². The monoisotopic (exact) mass is 268 g/mol. The lowest BCUT2D eigenvalue weighted by atomic mass is 9.95. The van der Waals surface area contributed by atoms with Crippen LogP contribution >= 0.6 is 0 Å². The largest absolute Gasteiger partial charge is 0.493 e. The Morgan fingerprint density at radius 2 is 2.25 bits per heavy atom. The predicted octanol–water partition coefficient (Wildman–Crippen LogP) is 3.31. The number of fused-ring (bicyclic) bond motifs is 1. The highest BCUT2D eigenvalue weighted by molar-refractivity contribution is 5.46. The third kappa shape index (κ3) is 2.68. The van der Waals surface area contributed by atoms with Crippen molar-refractivity contribution in [2.45, 2.75) is 32.9 Å². The topological polar surface area (TPSA) is 34.2 Å². The molecule has 0 bridgehead atoms. The summed E-state index contributed by atoms with van der Waals surface area (Å²) in [5, 5.41) is 3.63. The summed E-state index contributed by atoms with van der Waals surface area (Å²) in [7, 11) is 0. The molecule has 104 valence electrons. The molecule has 0 amide bonds. The summed E-state index contributed by atoms with van der Waals surface area (Å²) in [6.07, 6.45) is 4.73. The smallest absolute Gasteiger partial charge is 0.126 e. The number of pyridine rings is 1. The molecule has 3 rings (SSSR count). The van der Waals surface area contributed by atoms with Gasteiger partial charge in [0.1, 0.15) is 5.75 Å². The SMILES string of the molecule is Cc1cc(C)c2c(c1)C(NCc1cccnc1)CCO2. The van der Waals surface area contributed by atoms with Gasteiger partial charge in [0.05, 0.1) is 6.61 Å². The van der Waals surface area contributed by atoms with Gasteiger partial charge in [-0.1, -0.05) is 23.8 Å². The van der Waals surface area contributed by atoms with Crippen molar-refractivity contribution in [3.8, 4) is 5.75 Å². The van der Waals surface area contributed by atoms with Crippen molar-refractivity contribution in [3.63, 3.8) is 0 Å². The van der Waals surface area contributed by atoms with Crippen molar-refractivity contribution >= 4 is 0 Å². The molecule has 2 heterocycles. The number of rotatable bonds is 3. The van der Waals surface area contributed by atoms with Gasteiger partial charge in [0.2, 0.25) is 0 Å². The maximum atomic E-state index is 5.84. The second-order valence-corrected chi connectivity index (χ2v) is 5.43. The molecule has 0 saturated heterocycles. The zero-order chi connectivity index (χ0) is 13.9. The van der Waals surface area contributed by atoms with Gasteiger partial charge < -0.3 is 10.1 Å². The van der Waals surface area contributed by atoms with Gasteiger partial charge in [-0.15, -0.1) is 0 Å². The molecule has 0 spiro atoms. The molecule has 1 aliphatic heterocycles. The molecule has 20 heavy (non-hydrogen) atoms. The Bertz CT molecular complexity index is 595. The van der Waals surface area contributed by atoms with E-state index in [-0.39, 0.29) is 0 Å². The summed E-state index contributed by atoms with van der Waals surface area (Å²) in [5.41, 5.74) is 5.02. The van der Waals surface area contributed by atoms with Gasteiger partial charge >= 0.3 is 0 Å². The maximum absolute atomic E-state index is 5.84.